The number of fused-ring (bicyclic) bond motifs is 1. The fourth-order valence-electron chi connectivity index (χ4n) is 2.81. The van der Waals surface area contributed by atoms with Crippen LogP contribution >= 0.6 is 0 Å². The Morgan fingerprint density at radius 2 is 2.25 bits per heavy atom. The zero-order chi connectivity index (χ0) is 8.55. The van der Waals surface area contributed by atoms with Gasteiger partial charge in [0, 0.05) is 6.04 Å². The van der Waals surface area contributed by atoms with Gasteiger partial charge in [-0.3, -0.25) is 0 Å². The monoisotopic (exact) mass is 165 g/mol. The largest absolute Gasteiger partial charge is 0.303 e. The Hall–Kier alpha value is -0.300. The molecule has 1 aliphatic carbocycles. The summed E-state index contributed by atoms with van der Waals surface area (Å²) in [6, 6.07) is 0.865. The second-order valence-corrected chi connectivity index (χ2v) is 4.32. The summed E-state index contributed by atoms with van der Waals surface area (Å²) in [5, 5.41) is 0. The molecule has 12 heavy (non-hydrogen) atoms. The van der Waals surface area contributed by atoms with E-state index in [1.54, 1.807) is 5.57 Å². The molecule has 68 valence electrons. The van der Waals surface area contributed by atoms with Crippen molar-refractivity contribution < 1.29 is 0 Å². The van der Waals surface area contributed by atoms with E-state index >= 15 is 0 Å². The zero-order valence-electron chi connectivity index (χ0n) is 8.21. The third kappa shape index (κ3) is 1.31. The molecule has 2 atom stereocenters. The average Bonchev–Trinajstić information content (AvgIpc) is 2.07. The van der Waals surface area contributed by atoms with Crippen LogP contribution in [0.1, 0.15) is 32.6 Å². The number of hydrogen-bond acceptors (Lipinski definition) is 1. The topological polar surface area (TPSA) is 3.24 Å². The van der Waals surface area contributed by atoms with Gasteiger partial charge in [-0.05, 0) is 52.1 Å². The van der Waals surface area contributed by atoms with E-state index in [1.807, 2.05) is 0 Å². The summed E-state index contributed by atoms with van der Waals surface area (Å²) in [6.07, 6.45) is 7.95. The molecule has 0 aromatic heterocycles. The van der Waals surface area contributed by atoms with Crippen molar-refractivity contribution in [3.05, 3.63) is 11.6 Å². The van der Waals surface area contributed by atoms with Gasteiger partial charge in [-0.2, -0.15) is 0 Å². The van der Waals surface area contributed by atoms with E-state index in [2.05, 4.69) is 24.9 Å². The van der Waals surface area contributed by atoms with Crippen LogP contribution in [0.4, 0.5) is 0 Å². The van der Waals surface area contributed by atoms with Gasteiger partial charge in [0.05, 0.1) is 0 Å². The maximum atomic E-state index is 2.56. The summed E-state index contributed by atoms with van der Waals surface area (Å²) < 4.78 is 0. The Kier molecular flexibility index (Phi) is 2.22. The molecule has 1 heteroatoms. The van der Waals surface area contributed by atoms with Gasteiger partial charge in [0.1, 0.15) is 0 Å². The van der Waals surface area contributed by atoms with Gasteiger partial charge >= 0.3 is 0 Å². The van der Waals surface area contributed by atoms with Crippen LogP contribution in [0.25, 0.3) is 0 Å². The highest BCUT2D eigenvalue weighted by Crippen LogP contribution is 2.34. The standard InChI is InChI=1S/C11H19N/c1-9-5-3-7-11-10(9)6-4-8-12(11)2/h5,10-11H,3-4,6-8H2,1-2H3. The van der Waals surface area contributed by atoms with Crippen LogP contribution in [-0.2, 0) is 0 Å². The summed E-state index contributed by atoms with van der Waals surface area (Å²) in [5.74, 6) is 0.887. The first kappa shape index (κ1) is 8.31. The molecule has 0 aromatic carbocycles. The van der Waals surface area contributed by atoms with E-state index in [4.69, 9.17) is 0 Å². The van der Waals surface area contributed by atoms with Crippen LogP contribution in [0, 0.1) is 5.92 Å². The molecule has 0 aromatic rings. The van der Waals surface area contributed by atoms with Crippen molar-refractivity contribution in [2.75, 3.05) is 13.6 Å². The van der Waals surface area contributed by atoms with Crippen molar-refractivity contribution >= 4 is 0 Å². The van der Waals surface area contributed by atoms with Gasteiger partial charge in [0.25, 0.3) is 0 Å². The fourth-order valence-corrected chi connectivity index (χ4v) is 2.81. The molecule has 0 N–H and O–H groups in total. The molecule has 1 aliphatic heterocycles. The molecular weight excluding hydrogens is 146 g/mol. The van der Waals surface area contributed by atoms with Crippen LogP contribution in [0.15, 0.2) is 11.6 Å². The van der Waals surface area contributed by atoms with Crippen LogP contribution < -0.4 is 0 Å². The number of nitrogens with zero attached hydrogens (tertiary/aromatic N) is 1. The third-order valence-electron chi connectivity index (χ3n) is 3.57. The van der Waals surface area contributed by atoms with E-state index in [0.29, 0.717) is 0 Å². The van der Waals surface area contributed by atoms with Gasteiger partial charge in [-0.15, -0.1) is 0 Å². The third-order valence-corrected chi connectivity index (χ3v) is 3.57. The lowest BCUT2D eigenvalue weighted by atomic mass is 9.78. The Morgan fingerprint density at radius 3 is 3.00 bits per heavy atom. The minimum absolute atomic E-state index is 0.865. The molecule has 0 radical (unpaired) electrons. The highest BCUT2D eigenvalue weighted by molar-refractivity contribution is 5.12. The summed E-state index contributed by atoms with van der Waals surface area (Å²) >= 11 is 0. The minimum atomic E-state index is 0.865. The first-order valence-corrected chi connectivity index (χ1v) is 5.16. The summed E-state index contributed by atoms with van der Waals surface area (Å²) in [7, 11) is 2.29. The SMILES string of the molecule is CC1=CCCC2C1CCCN2C. The van der Waals surface area contributed by atoms with Crippen molar-refractivity contribution in [3.63, 3.8) is 0 Å². The van der Waals surface area contributed by atoms with Gasteiger partial charge in [0.15, 0.2) is 0 Å². The first-order chi connectivity index (χ1) is 5.79. The highest BCUT2D eigenvalue weighted by atomic mass is 15.1. The van der Waals surface area contributed by atoms with Crippen molar-refractivity contribution in [1.29, 1.82) is 0 Å². The molecule has 1 heterocycles. The molecule has 2 rings (SSSR count). The summed E-state index contributed by atoms with van der Waals surface area (Å²) in [4.78, 5) is 2.56. The number of hydrogen-bond donors (Lipinski definition) is 0. The number of likely N-dealkylation sites (tertiary alicyclic amines) is 1. The molecule has 1 saturated heterocycles. The minimum Gasteiger partial charge on any atom is -0.303 e. The molecule has 0 amide bonds. The Balaban J connectivity index is 2.15. The van der Waals surface area contributed by atoms with Gasteiger partial charge in [0.2, 0.25) is 0 Å². The molecule has 0 spiro atoms. The van der Waals surface area contributed by atoms with Crippen LogP contribution in [0.5, 0.6) is 0 Å². The predicted molar refractivity (Wildman–Crippen MR) is 52.1 cm³/mol. The smallest absolute Gasteiger partial charge is 0.0160 e. The molecular formula is C11H19N. The van der Waals surface area contributed by atoms with Gasteiger partial charge < -0.3 is 4.90 Å². The van der Waals surface area contributed by atoms with Crippen LogP contribution in [0.2, 0.25) is 0 Å². The first-order valence-electron chi connectivity index (χ1n) is 5.16. The Bertz CT molecular complexity index is 195. The zero-order valence-corrected chi connectivity index (χ0v) is 8.21. The van der Waals surface area contributed by atoms with Crippen molar-refractivity contribution in [1.82, 2.24) is 4.90 Å². The van der Waals surface area contributed by atoms with E-state index in [-0.39, 0.29) is 0 Å². The van der Waals surface area contributed by atoms with Crippen molar-refractivity contribution in [2.45, 2.75) is 38.6 Å². The average molecular weight is 165 g/mol. The maximum Gasteiger partial charge on any atom is 0.0160 e. The van der Waals surface area contributed by atoms with Crippen LogP contribution in [-0.4, -0.2) is 24.5 Å². The predicted octanol–water partition coefficient (Wildman–Crippen LogP) is 2.44. The Morgan fingerprint density at radius 1 is 1.42 bits per heavy atom. The normalized spacial score (nSPS) is 37.3. The number of allylic oxidation sites excluding steroid dienone is 1. The van der Waals surface area contributed by atoms with Crippen molar-refractivity contribution in [2.24, 2.45) is 5.92 Å². The molecule has 0 bridgehead atoms. The van der Waals surface area contributed by atoms with Crippen molar-refractivity contribution in [3.8, 4) is 0 Å². The van der Waals surface area contributed by atoms with Crippen LogP contribution in [0.3, 0.4) is 0 Å². The lowest BCUT2D eigenvalue weighted by Gasteiger charge is -2.42. The van der Waals surface area contributed by atoms with E-state index in [1.165, 1.54) is 32.2 Å². The Labute approximate surface area is 75.4 Å². The van der Waals surface area contributed by atoms with E-state index < -0.39 is 0 Å². The summed E-state index contributed by atoms with van der Waals surface area (Å²) in [6.45, 7) is 3.63. The van der Waals surface area contributed by atoms with E-state index in [9.17, 15) is 0 Å². The summed E-state index contributed by atoms with van der Waals surface area (Å²) in [5.41, 5.74) is 1.65. The second kappa shape index (κ2) is 3.21. The van der Waals surface area contributed by atoms with Gasteiger partial charge in [-0.25, -0.2) is 0 Å². The molecule has 0 saturated carbocycles. The van der Waals surface area contributed by atoms with E-state index in [0.717, 1.165) is 12.0 Å². The number of piperidine rings is 1. The highest BCUT2D eigenvalue weighted by Gasteiger charge is 2.31. The number of rotatable bonds is 0. The lowest BCUT2D eigenvalue weighted by molar-refractivity contribution is 0.126. The quantitative estimate of drug-likeness (QED) is 0.498. The lowest BCUT2D eigenvalue weighted by Crippen LogP contribution is -2.44. The molecule has 2 unspecified atom stereocenters. The maximum absolute atomic E-state index is 2.56. The van der Waals surface area contributed by atoms with Gasteiger partial charge in [-0.1, -0.05) is 11.6 Å². The molecule has 2 aliphatic rings. The molecule has 1 fully saturated rings. The molecule has 1 nitrogen and oxygen atoms in total. The second-order valence-electron chi connectivity index (χ2n) is 4.32. The fraction of sp³-hybridized carbons (Fsp3) is 0.818.